The third-order valence-electron chi connectivity index (χ3n) is 3.42. The minimum Gasteiger partial charge on any atom is -0.458 e. The fourth-order valence-electron chi connectivity index (χ4n) is 2.46. The molecule has 1 saturated heterocycles. The standard InChI is InChI=1S/C15H17N5O2/c1-10-8-11(2)19-15(18-10)22-12-4-7-20(9-12)14(21)13-16-5-3-6-17-13/h3,5-6,8,12H,4,7,9H2,1-2H3/t12-/m0/s1. The highest BCUT2D eigenvalue weighted by Crippen LogP contribution is 2.17. The summed E-state index contributed by atoms with van der Waals surface area (Å²) >= 11 is 0. The molecule has 0 spiro atoms. The van der Waals surface area contributed by atoms with Gasteiger partial charge in [0.25, 0.3) is 5.91 Å². The average Bonchev–Trinajstić information content (AvgIpc) is 2.95. The van der Waals surface area contributed by atoms with Gasteiger partial charge in [0.05, 0.1) is 6.54 Å². The van der Waals surface area contributed by atoms with Crippen LogP contribution < -0.4 is 4.74 Å². The molecule has 1 amide bonds. The Kier molecular flexibility index (Phi) is 3.95. The fraction of sp³-hybridized carbons (Fsp3) is 0.400. The molecule has 7 heteroatoms. The Hall–Kier alpha value is -2.57. The SMILES string of the molecule is Cc1cc(C)nc(O[C@H]2CCN(C(=O)c3ncccn3)C2)n1. The molecule has 1 fully saturated rings. The van der Waals surface area contributed by atoms with Crippen molar-refractivity contribution in [2.45, 2.75) is 26.4 Å². The minimum atomic E-state index is -0.173. The number of ether oxygens (including phenoxy) is 1. The van der Waals surface area contributed by atoms with Crippen LogP contribution in [0.25, 0.3) is 0 Å². The van der Waals surface area contributed by atoms with Crippen LogP contribution in [-0.2, 0) is 0 Å². The monoisotopic (exact) mass is 299 g/mol. The summed E-state index contributed by atoms with van der Waals surface area (Å²) in [6.45, 7) is 4.91. The molecule has 0 aromatic carbocycles. The van der Waals surface area contributed by atoms with E-state index < -0.39 is 0 Å². The van der Waals surface area contributed by atoms with Crippen LogP contribution in [-0.4, -0.2) is 49.9 Å². The van der Waals surface area contributed by atoms with E-state index in [2.05, 4.69) is 19.9 Å². The molecule has 0 bridgehead atoms. The molecule has 22 heavy (non-hydrogen) atoms. The van der Waals surface area contributed by atoms with Crippen LogP contribution in [0.4, 0.5) is 0 Å². The number of carbonyl (C=O) groups excluding carboxylic acids is 1. The number of aryl methyl sites for hydroxylation is 2. The Balaban J connectivity index is 1.64. The highest BCUT2D eigenvalue weighted by molar-refractivity contribution is 5.90. The number of rotatable bonds is 3. The van der Waals surface area contributed by atoms with Gasteiger partial charge in [0.15, 0.2) is 0 Å². The van der Waals surface area contributed by atoms with Gasteiger partial charge in [-0.25, -0.2) is 19.9 Å². The molecule has 3 rings (SSSR count). The third-order valence-corrected chi connectivity index (χ3v) is 3.42. The van der Waals surface area contributed by atoms with Crippen molar-refractivity contribution in [2.24, 2.45) is 0 Å². The van der Waals surface area contributed by atoms with Crippen molar-refractivity contribution >= 4 is 5.91 Å². The van der Waals surface area contributed by atoms with Gasteiger partial charge in [-0.3, -0.25) is 4.79 Å². The Morgan fingerprint density at radius 1 is 1.23 bits per heavy atom. The van der Waals surface area contributed by atoms with E-state index in [0.717, 1.165) is 17.8 Å². The number of amides is 1. The maximum atomic E-state index is 12.3. The van der Waals surface area contributed by atoms with E-state index in [9.17, 15) is 4.79 Å². The van der Waals surface area contributed by atoms with Gasteiger partial charge in [-0.1, -0.05) is 0 Å². The zero-order chi connectivity index (χ0) is 15.5. The summed E-state index contributed by atoms with van der Waals surface area (Å²) < 4.78 is 5.80. The second kappa shape index (κ2) is 6.05. The van der Waals surface area contributed by atoms with Crippen LogP contribution >= 0.6 is 0 Å². The molecule has 0 unspecified atom stereocenters. The highest BCUT2D eigenvalue weighted by Gasteiger charge is 2.30. The van der Waals surface area contributed by atoms with E-state index in [1.807, 2.05) is 19.9 Å². The summed E-state index contributed by atoms with van der Waals surface area (Å²) in [4.78, 5) is 30.5. The van der Waals surface area contributed by atoms with Crippen LogP contribution in [0, 0.1) is 13.8 Å². The second-order valence-electron chi connectivity index (χ2n) is 5.29. The van der Waals surface area contributed by atoms with Crippen LogP contribution in [0.15, 0.2) is 24.5 Å². The Bertz CT molecular complexity index is 657. The van der Waals surface area contributed by atoms with Gasteiger partial charge in [-0.15, -0.1) is 0 Å². The average molecular weight is 299 g/mol. The Morgan fingerprint density at radius 2 is 1.91 bits per heavy atom. The van der Waals surface area contributed by atoms with Crippen molar-refractivity contribution in [3.63, 3.8) is 0 Å². The first-order valence-electron chi connectivity index (χ1n) is 7.17. The van der Waals surface area contributed by atoms with E-state index in [1.165, 1.54) is 0 Å². The van der Waals surface area contributed by atoms with Crippen molar-refractivity contribution < 1.29 is 9.53 Å². The number of carbonyl (C=O) groups is 1. The Morgan fingerprint density at radius 3 is 2.59 bits per heavy atom. The summed E-state index contributed by atoms with van der Waals surface area (Å²) in [5.41, 5.74) is 1.73. The van der Waals surface area contributed by atoms with Gasteiger partial charge in [-0.05, 0) is 26.0 Å². The summed E-state index contributed by atoms with van der Waals surface area (Å²) in [7, 11) is 0. The first-order valence-corrected chi connectivity index (χ1v) is 7.17. The summed E-state index contributed by atoms with van der Waals surface area (Å²) in [6, 6.07) is 3.95. The van der Waals surface area contributed by atoms with Crippen LogP contribution in [0.2, 0.25) is 0 Å². The van der Waals surface area contributed by atoms with Gasteiger partial charge in [0.1, 0.15) is 6.10 Å². The van der Waals surface area contributed by atoms with Crippen molar-refractivity contribution in [1.82, 2.24) is 24.8 Å². The normalized spacial score (nSPS) is 17.5. The molecule has 1 aliphatic heterocycles. The molecular formula is C15H17N5O2. The zero-order valence-corrected chi connectivity index (χ0v) is 12.6. The second-order valence-corrected chi connectivity index (χ2v) is 5.29. The van der Waals surface area contributed by atoms with E-state index in [1.54, 1.807) is 23.4 Å². The molecule has 3 heterocycles. The lowest BCUT2D eigenvalue weighted by Crippen LogP contribution is -2.32. The smallest absolute Gasteiger partial charge is 0.317 e. The quantitative estimate of drug-likeness (QED) is 0.846. The van der Waals surface area contributed by atoms with Crippen molar-refractivity contribution in [3.8, 4) is 6.01 Å². The topological polar surface area (TPSA) is 81.1 Å². The van der Waals surface area contributed by atoms with Gasteiger partial charge < -0.3 is 9.64 Å². The molecule has 2 aromatic rings. The van der Waals surface area contributed by atoms with E-state index in [4.69, 9.17) is 4.74 Å². The summed E-state index contributed by atoms with van der Waals surface area (Å²) in [5.74, 6) is 0.0406. The van der Waals surface area contributed by atoms with Gasteiger partial charge >= 0.3 is 6.01 Å². The van der Waals surface area contributed by atoms with Gasteiger partial charge in [0.2, 0.25) is 5.82 Å². The first-order chi connectivity index (χ1) is 10.6. The maximum Gasteiger partial charge on any atom is 0.317 e. The summed E-state index contributed by atoms with van der Waals surface area (Å²) in [6.07, 6.45) is 3.77. The third kappa shape index (κ3) is 3.19. The number of aromatic nitrogens is 4. The maximum absolute atomic E-state index is 12.3. The van der Waals surface area contributed by atoms with Crippen molar-refractivity contribution in [1.29, 1.82) is 0 Å². The number of hydrogen-bond acceptors (Lipinski definition) is 6. The number of likely N-dealkylation sites (tertiary alicyclic amines) is 1. The van der Waals surface area contributed by atoms with Crippen LogP contribution in [0.5, 0.6) is 6.01 Å². The lowest BCUT2D eigenvalue weighted by Gasteiger charge is -2.15. The van der Waals surface area contributed by atoms with Crippen LogP contribution in [0.3, 0.4) is 0 Å². The van der Waals surface area contributed by atoms with E-state index in [0.29, 0.717) is 19.1 Å². The molecule has 1 aliphatic rings. The molecule has 0 saturated carbocycles. The number of nitrogens with zero attached hydrogens (tertiary/aromatic N) is 5. The van der Waals surface area contributed by atoms with Crippen LogP contribution in [0.1, 0.15) is 28.4 Å². The predicted molar refractivity (Wildman–Crippen MR) is 78.5 cm³/mol. The molecule has 114 valence electrons. The van der Waals surface area contributed by atoms with E-state index >= 15 is 0 Å². The van der Waals surface area contributed by atoms with Gasteiger partial charge in [-0.2, -0.15) is 0 Å². The molecule has 0 N–H and O–H groups in total. The first kappa shape index (κ1) is 14.4. The van der Waals surface area contributed by atoms with Crippen molar-refractivity contribution in [3.05, 3.63) is 41.7 Å². The minimum absolute atomic E-state index is 0.103. The molecule has 1 atom stereocenters. The summed E-state index contributed by atoms with van der Waals surface area (Å²) in [5, 5.41) is 0. The molecule has 7 nitrogen and oxygen atoms in total. The fourth-order valence-corrected chi connectivity index (χ4v) is 2.46. The number of hydrogen-bond donors (Lipinski definition) is 0. The highest BCUT2D eigenvalue weighted by atomic mass is 16.5. The lowest BCUT2D eigenvalue weighted by molar-refractivity contribution is 0.0757. The van der Waals surface area contributed by atoms with Gasteiger partial charge in [0, 0.05) is 36.7 Å². The van der Waals surface area contributed by atoms with Crippen molar-refractivity contribution in [2.75, 3.05) is 13.1 Å². The largest absolute Gasteiger partial charge is 0.458 e. The van der Waals surface area contributed by atoms with E-state index in [-0.39, 0.29) is 17.8 Å². The lowest BCUT2D eigenvalue weighted by atomic mass is 10.3. The Labute approximate surface area is 128 Å². The molecule has 0 radical (unpaired) electrons. The molecule has 0 aliphatic carbocycles. The predicted octanol–water partition coefficient (Wildman–Crippen LogP) is 1.18. The molecular weight excluding hydrogens is 282 g/mol. The molecule has 2 aromatic heterocycles. The zero-order valence-electron chi connectivity index (χ0n) is 12.6.